The number of benzene rings is 2. The number of aromatic nitrogens is 2. The zero-order chi connectivity index (χ0) is 20.3. The second kappa shape index (κ2) is 6.13. The van der Waals surface area contributed by atoms with Crippen molar-refractivity contribution in [1.29, 1.82) is 0 Å². The zero-order valence-electron chi connectivity index (χ0n) is 15.3. The fourth-order valence-corrected chi connectivity index (χ4v) is 3.88. The highest BCUT2D eigenvalue weighted by molar-refractivity contribution is 5.99. The van der Waals surface area contributed by atoms with Crippen molar-refractivity contribution in [1.82, 2.24) is 9.55 Å². The molecule has 0 unspecified atom stereocenters. The van der Waals surface area contributed by atoms with Crippen LogP contribution in [0.15, 0.2) is 53.6 Å². The van der Waals surface area contributed by atoms with Crippen LogP contribution in [0.3, 0.4) is 0 Å². The number of aromatic carboxylic acids is 1. The molecule has 0 bridgehead atoms. The Morgan fingerprint density at radius 1 is 1.31 bits per heavy atom. The first-order valence-electron chi connectivity index (χ1n) is 9.08. The Balaban J connectivity index is 1.89. The maximum atomic E-state index is 15.2. The average molecular weight is 390 g/mol. The molecule has 3 heterocycles. The van der Waals surface area contributed by atoms with Crippen molar-refractivity contribution in [2.75, 3.05) is 6.61 Å². The summed E-state index contributed by atoms with van der Waals surface area (Å²) in [4.78, 5) is 28.4. The lowest BCUT2D eigenvalue weighted by molar-refractivity contribution is 0.0694. The van der Waals surface area contributed by atoms with E-state index >= 15 is 4.39 Å². The van der Waals surface area contributed by atoms with Crippen LogP contribution in [0.2, 0.25) is 0 Å². The zero-order valence-corrected chi connectivity index (χ0v) is 15.3. The fraction of sp³-hybridized carbons (Fsp3) is 0.136. The predicted octanol–water partition coefficient (Wildman–Crippen LogP) is 4.01. The number of carboxylic acids is 1. The minimum Gasteiger partial charge on any atom is -0.488 e. The lowest BCUT2D eigenvalue weighted by Gasteiger charge is -2.28. The average Bonchev–Trinajstić information content (AvgIpc) is 2.71. The van der Waals surface area contributed by atoms with E-state index in [-0.39, 0.29) is 34.9 Å². The highest BCUT2D eigenvalue weighted by Gasteiger charge is 2.28. The molecule has 1 aliphatic rings. The molecule has 0 fully saturated rings. The van der Waals surface area contributed by atoms with Crippen LogP contribution >= 0.6 is 0 Å². The second-order valence-electron chi connectivity index (χ2n) is 7.11. The minimum atomic E-state index is -1.34. The first-order chi connectivity index (χ1) is 14.0. The number of rotatable bonds is 2. The van der Waals surface area contributed by atoms with Gasteiger partial charge in [-0.2, -0.15) is 0 Å². The Morgan fingerprint density at radius 3 is 2.93 bits per heavy atom. The van der Waals surface area contributed by atoms with Crippen molar-refractivity contribution in [3.8, 4) is 16.9 Å². The molecule has 0 spiro atoms. The summed E-state index contributed by atoms with van der Waals surface area (Å²) in [7, 11) is 0. The molecule has 29 heavy (non-hydrogen) atoms. The van der Waals surface area contributed by atoms with Gasteiger partial charge in [-0.1, -0.05) is 12.1 Å². The molecule has 2 aromatic carbocycles. The number of ether oxygens (including phenoxy) is 1. The number of hydrogen-bond acceptors (Lipinski definition) is 4. The van der Waals surface area contributed by atoms with E-state index in [0.29, 0.717) is 11.1 Å². The van der Waals surface area contributed by atoms with Gasteiger partial charge in [-0.15, -0.1) is 0 Å². The van der Waals surface area contributed by atoms with Gasteiger partial charge in [0.15, 0.2) is 5.75 Å². The van der Waals surface area contributed by atoms with Crippen LogP contribution in [-0.4, -0.2) is 27.2 Å². The molecule has 1 atom stereocenters. The van der Waals surface area contributed by atoms with Crippen LogP contribution in [-0.2, 0) is 0 Å². The molecule has 0 amide bonds. The van der Waals surface area contributed by atoms with Gasteiger partial charge in [0.25, 0.3) is 0 Å². The van der Waals surface area contributed by atoms with Gasteiger partial charge in [0.2, 0.25) is 5.43 Å². The number of nitrogens with zero attached hydrogens (tertiary/aromatic N) is 2. The Morgan fingerprint density at radius 2 is 2.14 bits per heavy atom. The molecule has 1 N–H and O–H groups in total. The molecule has 4 aromatic rings. The summed E-state index contributed by atoms with van der Waals surface area (Å²) in [6.45, 7) is 2.08. The summed E-state index contributed by atoms with van der Waals surface area (Å²) in [5, 5.41) is 10.2. The number of fused-ring (bicyclic) bond motifs is 1. The third-order valence-corrected chi connectivity index (χ3v) is 5.29. The largest absolute Gasteiger partial charge is 0.488 e. The van der Waals surface area contributed by atoms with E-state index in [9.17, 15) is 14.7 Å². The van der Waals surface area contributed by atoms with Crippen molar-refractivity contribution >= 4 is 27.8 Å². The molecule has 0 radical (unpaired) electrons. The molecule has 0 saturated carbocycles. The summed E-state index contributed by atoms with van der Waals surface area (Å²) >= 11 is 0. The standard InChI is InChI=1S/C22H15FN2O4/c1-11-10-29-21-18(13-4-5-17-12(7-13)3-2-6-24-17)16(23)8-14-19(21)25(11)9-15(20(14)26)22(27)28/h2-9,11H,10H2,1H3,(H,27,28)/t11-/m0/s1. The van der Waals surface area contributed by atoms with Crippen LogP contribution in [0.1, 0.15) is 23.3 Å². The van der Waals surface area contributed by atoms with E-state index in [4.69, 9.17) is 4.74 Å². The van der Waals surface area contributed by atoms with Crippen molar-refractivity contribution in [3.05, 3.63) is 70.4 Å². The van der Waals surface area contributed by atoms with Crippen molar-refractivity contribution in [2.45, 2.75) is 13.0 Å². The van der Waals surface area contributed by atoms with E-state index in [1.807, 2.05) is 19.1 Å². The number of hydrogen-bond donors (Lipinski definition) is 1. The Labute approximate surface area is 163 Å². The van der Waals surface area contributed by atoms with Gasteiger partial charge in [0, 0.05) is 17.8 Å². The van der Waals surface area contributed by atoms with Gasteiger partial charge in [-0.25, -0.2) is 9.18 Å². The first-order valence-corrected chi connectivity index (χ1v) is 9.08. The lowest BCUT2D eigenvalue weighted by atomic mass is 9.97. The maximum Gasteiger partial charge on any atom is 0.341 e. The van der Waals surface area contributed by atoms with Crippen LogP contribution in [0.25, 0.3) is 32.9 Å². The number of halogens is 1. The molecule has 6 nitrogen and oxygen atoms in total. The fourth-order valence-electron chi connectivity index (χ4n) is 3.88. The molecule has 1 aliphatic heterocycles. The smallest absolute Gasteiger partial charge is 0.341 e. The van der Waals surface area contributed by atoms with E-state index in [0.717, 1.165) is 17.0 Å². The summed E-state index contributed by atoms with van der Waals surface area (Å²) < 4.78 is 22.8. The van der Waals surface area contributed by atoms with E-state index < -0.39 is 17.2 Å². The highest BCUT2D eigenvalue weighted by Crippen LogP contribution is 2.42. The van der Waals surface area contributed by atoms with Crippen molar-refractivity contribution in [3.63, 3.8) is 0 Å². The molecular weight excluding hydrogens is 375 g/mol. The Bertz CT molecular complexity index is 1390. The third kappa shape index (κ3) is 2.51. The molecular formula is C22H15FN2O4. The Kier molecular flexibility index (Phi) is 3.67. The van der Waals surface area contributed by atoms with Gasteiger partial charge in [-0.3, -0.25) is 9.78 Å². The van der Waals surface area contributed by atoms with E-state index in [1.165, 1.54) is 6.20 Å². The normalized spacial score (nSPS) is 15.4. The minimum absolute atomic E-state index is 0.00449. The van der Waals surface area contributed by atoms with Crippen molar-refractivity contribution < 1.29 is 19.0 Å². The lowest BCUT2D eigenvalue weighted by Crippen LogP contribution is -2.27. The number of pyridine rings is 2. The second-order valence-corrected chi connectivity index (χ2v) is 7.11. The van der Waals surface area contributed by atoms with E-state index in [2.05, 4.69) is 4.98 Å². The van der Waals surface area contributed by atoms with Crippen molar-refractivity contribution in [2.24, 2.45) is 0 Å². The summed E-state index contributed by atoms with van der Waals surface area (Å²) in [5.74, 6) is -1.74. The topological polar surface area (TPSA) is 81.4 Å². The van der Waals surface area contributed by atoms with Gasteiger partial charge in [0.1, 0.15) is 18.0 Å². The molecule has 0 aliphatic carbocycles. The number of carboxylic acid groups (broad SMARTS) is 1. The monoisotopic (exact) mass is 390 g/mol. The van der Waals surface area contributed by atoms with Gasteiger partial charge < -0.3 is 14.4 Å². The first kappa shape index (κ1) is 17.4. The van der Waals surface area contributed by atoms with Crippen LogP contribution < -0.4 is 10.2 Å². The SMILES string of the molecule is C[C@H]1COc2c(-c3ccc4ncccc4c3)c(F)cc3c(=O)c(C(=O)O)cn1c23. The molecule has 7 heteroatoms. The number of carbonyl (C=O) groups is 1. The molecule has 0 saturated heterocycles. The van der Waals surface area contributed by atoms with Gasteiger partial charge in [-0.05, 0) is 36.8 Å². The van der Waals surface area contributed by atoms with E-state index in [1.54, 1.807) is 29.0 Å². The van der Waals surface area contributed by atoms with Gasteiger partial charge in [0.05, 0.1) is 28.0 Å². The van der Waals surface area contributed by atoms with Gasteiger partial charge >= 0.3 is 5.97 Å². The summed E-state index contributed by atoms with van der Waals surface area (Å²) in [6.07, 6.45) is 3.00. The van der Waals surface area contributed by atoms with Crippen LogP contribution in [0, 0.1) is 5.82 Å². The quantitative estimate of drug-likeness (QED) is 0.559. The predicted molar refractivity (Wildman–Crippen MR) is 106 cm³/mol. The van der Waals surface area contributed by atoms with Crippen LogP contribution in [0.5, 0.6) is 5.75 Å². The molecule has 2 aromatic heterocycles. The summed E-state index contributed by atoms with van der Waals surface area (Å²) in [6, 6.07) is 9.96. The highest BCUT2D eigenvalue weighted by atomic mass is 19.1. The van der Waals surface area contributed by atoms with Crippen LogP contribution in [0.4, 0.5) is 4.39 Å². The molecule has 144 valence electrons. The Hall–Kier alpha value is -3.74. The third-order valence-electron chi connectivity index (χ3n) is 5.29. The maximum absolute atomic E-state index is 15.2. The summed E-state index contributed by atoms with van der Waals surface area (Å²) in [5.41, 5.74) is 0.907. The molecule has 5 rings (SSSR count).